The number of rotatable bonds is 0. The van der Waals surface area contributed by atoms with Crippen LogP contribution in [0.15, 0.2) is 122 Å². The van der Waals surface area contributed by atoms with E-state index in [1.807, 2.05) is 12.1 Å². The highest BCUT2D eigenvalue weighted by molar-refractivity contribution is 6.05. The number of nitrogens with zero attached hydrogens (tertiary/aromatic N) is 2. The minimum absolute atomic E-state index is 0.977. The number of benzene rings is 5. The zero-order valence-corrected chi connectivity index (χ0v) is 17.4. The fourth-order valence-corrected chi connectivity index (χ4v) is 4.31. The zero-order valence-electron chi connectivity index (χ0n) is 17.4. The molecule has 0 atom stereocenters. The van der Waals surface area contributed by atoms with Gasteiger partial charge in [-0.2, -0.15) is 0 Å². The molecule has 0 aliphatic carbocycles. The number of aromatic nitrogens is 2. The van der Waals surface area contributed by atoms with E-state index in [9.17, 15) is 0 Å². The van der Waals surface area contributed by atoms with Crippen LogP contribution in [0, 0.1) is 0 Å². The largest absolute Gasteiger partial charge is 0.254 e. The highest BCUT2D eigenvalue weighted by Gasteiger charge is 2.01. The second-order valence-corrected chi connectivity index (χ2v) is 7.96. The molecule has 0 bridgehead atoms. The molecule has 0 N–H and O–H groups in total. The molecule has 32 heavy (non-hydrogen) atoms. The molecule has 2 nitrogen and oxygen atoms in total. The van der Waals surface area contributed by atoms with E-state index < -0.39 is 0 Å². The molecule has 0 saturated carbocycles. The Labute approximate surface area is 185 Å². The van der Waals surface area contributed by atoms with Crippen molar-refractivity contribution in [3.05, 3.63) is 122 Å². The average Bonchev–Trinajstić information content (AvgIpc) is 2.86. The van der Waals surface area contributed by atoms with Crippen LogP contribution in [0.2, 0.25) is 0 Å². The third-order valence-electron chi connectivity index (χ3n) is 5.91. The number of pyridine rings is 2. The van der Waals surface area contributed by atoms with Crippen LogP contribution in [0.1, 0.15) is 0 Å². The lowest BCUT2D eigenvalue weighted by atomic mass is 10.00. The van der Waals surface area contributed by atoms with Gasteiger partial charge in [0.25, 0.3) is 0 Å². The van der Waals surface area contributed by atoms with Gasteiger partial charge in [0, 0.05) is 23.2 Å². The second kappa shape index (κ2) is 7.75. The smallest absolute Gasteiger partial charge is 0.0964 e. The van der Waals surface area contributed by atoms with Crippen molar-refractivity contribution in [3.63, 3.8) is 0 Å². The standard InChI is InChI=1S/C18H12.C12H8N2/c1-2-6-14-10-18-12-16-8-4-3-7-15(16)11-17(18)9-13(14)5-1;1-3-9-5-6-10-4-2-8-14-12(10)11(9)13-7-1/h1-12H;1-8H. The van der Waals surface area contributed by atoms with Crippen molar-refractivity contribution in [2.45, 2.75) is 0 Å². The molecule has 0 spiro atoms. The summed E-state index contributed by atoms with van der Waals surface area (Å²) in [4.78, 5) is 8.69. The maximum Gasteiger partial charge on any atom is 0.0964 e. The minimum atomic E-state index is 0.977. The van der Waals surface area contributed by atoms with Gasteiger partial charge in [-0.3, -0.25) is 9.97 Å². The molecular formula is C30H20N2. The van der Waals surface area contributed by atoms with Crippen molar-refractivity contribution >= 4 is 54.1 Å². The molecule has 0 unspecified atom stereocenters. The van der Waals surface area contributed by atoms with E-state index in [2.05, 4.69) is 107 Å². The first-order valence-corrected chi connectivity index (χ1v) is 10.7. The maximum absolute atomic E-state index is 4.35. The van der Waals surface area contributed by atoms with Gasteiger partial charge in [-0.25, -0.2) is 0 Å². The molecule has 2 heterocycles. The molecule has 2 heteroatoms. The molecule has 0 aliphatic rings. The van der Waals surface area contributed by atoms with Gasteiger partial charge in [0.1, 0.15) is 0 Å². The van der Waals surface area contributed by atoms with Crippen molar-refractivity contribution < 1.29 is 0 Å². The monoisotopic (exact) mass is 408 g/mol. The highest BCUT2D eigenvalue weighted by atomic mass is 14.7. The van der Waals surface area contributed by atoms with Crippen molar-refractivity contribution in [1.29, 1.82) is 0 Å². The van der Waals surface area contributed by atoms with Crippen LogP contribution in [0.3, 0.4) is 0 Å². The van der Waals surface area contributed by atoms with Crippen molar-refractivity contribution in [2.75, 3.05) is 0 Å². The van der Waals surface area contributed by atoms with Gasteiger partial charge in [-0.1, -0.05) is 72.8 Å². The van der Waals surface area contributed by atoms with E-state index >= 15 is 0 Å². The van der Waals surface area contributed by atoms with Crippen LogP contribution in [0.25, 0.3) is 54.1 Å². The Morgan fingerprint density at radius 2 is 0.656 bits per heavy atom. The van der Waals surface area contributed by atoms with E-state index in [1.54, 1.807) is 12.4 Å². The van der Waals surface area contributed by atoms with Gasteiger partial charge in [-0.05, 0) is 68.7 Å². The molecule has 0 saturated heterocycles. The van der Waals surface area contributed by atoms with Gasteiger partial charge in [0.05, 0.1) is 11.0 Å². The molecule has 0 aliphatic heterocycles. The van der Waals surface area contributed by atoms with E-state index in [-0.39, 0.29) is 0 Å². The topological polar surface area (TPSA) is 25.8 Å². The highest BCUT2D eigenvalue weighted by Crippen LogP contribution is 2.27. The summed E-state index contributed by atoms with van der Waals surface area (Å²) in [6.45, 7) is 0. The van der Waals surface area contributed by atoms with E-state index in [4.69, 9.17) is 0 Å². The molecule has 0 amide bonds. The maximum atomic E-state index is 4.35. The Balaban J connectivity index is 0.000000126. The van der Waals surface area contributed by atoms with E-state index in [1.165, 1.54) is 32.3 Å². The normalized spacial score (nSPS) is 11.1. The third-order valence-corrected chi connectivity index (χ3v) is 5.91. The molecule has 0 fully saturated rings. The number of hydrogen-bond acceptors (Lipinski definition) is 2. The lowest BCUT2D eigenvalue weighted by molar-refractivity contribution is 1.37. The predicted octanol–water partition coefficient (Wildman–Crippen LogP) is 7.93. The number of hydrogen-bond donors (Lipinski definition) is 0. The molecule has 5 aromatic carbocycles. The molecule has 0 radical (unpaired) electrons. The molecule has 7 aromatic rings. The summed E-state index contributed by atoms with van der Waals surface area (Å²) in [6, 6.07) is 38.3. The fourth-order valence-electron chi connectivity index (χ4n) is 4.31. The Morgan fingerprint density at radius 3 is 1.03 bits per heavy atom. The zero-order chi connectivity index (χ0) is 21.3. The van der Waals surface area contributed by atoms with Crippen LogP contribution in [0.5, 0.6) is 0 Å². The van der Waals surface area contributed by atoms with Gasteiger partial charge < -0.3 is 0 Å². The predicted molar refractivity (Wildman–Crippen MR) is 136 cm³/mol. The SMILES string of the molecule is c1ccc2cc3cc4ccccc4cc3cc2c1.c1cnc2c(c1)ccc1cccnc12. The van der Waals surface area contributed by atoms with Crippen molar-refractivity contribution in [2.24, 2.45) is 0 Å². The lowest BCUT2D eigenvalue weighted by Gasteiger charge is -2.04. The molecule has 150 valence electrons. The van der Waals surface area contributed by atoms with Gasteiger partial charge in [0.15, 0.2) is 0 Å². The summed E-state index contributed by atoms with van der Waals surface area (Å²) in [5.74, 6) is 0. The van der Waals surface area contributed by atoms with Crippen LogP contribution < -0.4 is 0 Å². The fraction of sp³-hybridized carbons (Fsp3) is 0. The summed E-state index contributed by atoms with van der Waals surface area (Å²) >= 11 is 0. The van der Waals surface area contributed by atoms with E-state index in [0.717, 1.165) is 21.8 Å². The third kappa shape index (κ3) is 3.32. The second-order valence-electron chi connectivity index (χ2n) is 7.96. The summed E-state index contributed by atoms with van der Waals surface area (Å²) in [7, 11) is 0. The van der Waals surface area contributed by atoms with Crippen LogP contribution in [-0.4, -0.2) is 9.97 Å². The molecule has 7 rings (SSSR count). The van der Waals surface area contributed by atoms with Gasteiger partial charge in [0.2, 0.25) is 0 Å². The first-order valence-electron chi connectivity index (χ1n) is 10.7. The Bertz CT molecular complexity index is 1540. The number of fused-ring (bicyclic) bond motifs is 6. The Hall–Kier alpha value is -4.30. The van der Waals surface area contributed by atoms with Crippen LogP contribution in [0.4, 0.5) is 0 Å². The van der Waals surface area contributed by atoms with Crippen molar-refractivity contribution in [1.82, 2.24) is 9.97 Å². The summed E-state index contributed by atoms with van der Waals surface area (Å²) in [5, 5.41) is 10.1. The Morgan fingerprint density at radius 1 is 0.312 bits per heavy atom. The van der Waals surface area contributed by atoms with Gasteiger partial charge in [-0.15, -0.1) is 0 Å². The van der Waals surface area contributed by atoms with Gasteiger partial charge >= 0.3 is 0 Å². The average molecular weight is 409 g/mol. The minimum Gasteiger partial charge on any atom is -0.254 e. The summed E-state index contributed by atoms with van der Waals surface area (Å²) in [6.07, 6.45) is 3.60. The van der Waals surface area contributed by atoms with Crippen LogP contribution >= 0.6 is 0 Å². The summed E-state index contributed by atoms with van der Waals surface area (Å²) < 4.78 is 0. The first kappa shape index (κ1) is 18.5. The lowest BCUT2D eigenvalue weighted by Crippen LogP contribution is -1.83. The molecule has 2 aromatic heterocycles. The Kier molecular flexibility index (Phi) is 4.47. The quantitative estimate of drug-likeness (QED) is 0.188. The van der Waals surface area contributed by atoms with Crippen LogP contribution in [-0.2, 0) is 0 Å². The first-order chi connectivity index (χ1) is 15.8. The van der Waals surface area contributed by atoms with Crippen molar-refractivity contribution in [3.8, 4) is 0 Å². The van der Waals surface area contributed by atoms with E-state index in [0.29, 0.717) is 0 Å². The summed E-state index contributed by atoms with van der Waals surface area (Å²) in [5.41, 5.74) is 1.95. The molecular weight excluding hydrogens is 388 g/mol.